The van der Waals surface area contributed by atoms with Crippen molar-refractivity contribution in [2.75, 3.05) is 11.4 Å². The summed E-state index contributed by atoms with van der Waals surface area (Å²) in [6.07, 6.45) is 6.62. The molecule has 80 valence electrons. The lowest BCUT2D eigenvalue weighted by Crippen LogP contribution is -2.52. The van der Waals surface area contributed by atoms with Crippen LogP contribution in [0.2, 0.25) is 0 Å². The number of carbonyl (C=O) groups excluding carboxylic acids is 1. The summed E-state index contributed by atoms with van der Waals surface area (Å²) in [4.78, 5) is 21.6. The van der Waals surface area contributed by atoms with Crippen LogP contribution in [0.5, 0.6) is 0 Å². The summed E-state index contributed by atoms with van der Waals surface area (Å²) in [5.74, 6) is 0.418. The van der Waals surface area contributed by atoms with Crippen molar-refractivity contribution in [3.8, 4) is 0 Å². The average Bonchev–Trinajstić information content (AvgIpc) is 2.63. The fourth-order valence-corrected chi connectivity index (χ4v) is 2.02. The summed E-state index contributed by atoms with van der Waals surface area (Å²) in [5, 5.41) is 0. The molecule has 1 amide bonds. The maximum absolute atomic E-state index is 11.4. The number of primary amides is 1. The van der Waals surface area contributed by atoms with E-state index in [0.29, 0.717) is 0 Å². The molecule has 5 heteroatoms. The molecule has 1 fully saturated rings. The summed E-state index contributed by atoms with van der Waals surface area (Å²) in [6, 6.07) is 0. The Kier molecular flexibility index (Phi) is 2.30. The van der Waals surface area contributed by atoms with Crippen molar-refractivity contribution < 1.29 is 4.79 Å². The minimum absolute atomic E-state index is 0.300. The van der Waals surface area contributed by atoms with Crippen molar-refractivity contribution in [2.45, 2.75) is 25.3 Å². The molecule has 1 aliphatic rings. The second-order valence-corrected chi connectivity index (χ2v) is 3.96. The molecule has 2 N–H and O–H groups in total. The highest BCUT2D eigenvalue weighted by Gasteiger charge is 2.42. The third kappa shape index (κ3) is 1.54. The average molecular weight is 206 g/mol. The SMILES string of the molecule is C[C@@]1(C(N)=O)CCCN1c1cnccn1. The Morgan fingerprint density at radius 1 is 1.60 bits per heavy atom. The van der Waals surface area contributed by atoms with Gasteiger partial charge in [-0.2, -0.15) is 0 Å². The lowest BCUT2D eigenvalue weighted by Gasteiger charge is -2.32. The molecule has 0 spiro atoms. The zero-order valence-corrected chi connectivity index (χ0v) is 8.68. The quantitative estimate of drug-likeness (QED) is 0.756. The molecule has 0 aliphatic carbocycles. The maximum atomic E-state index is 11.4. The molecule has 1 aromatic heterocycles. The Balaban J connectivity index is 2.34. The number of amides is 1. The first-order chi connectivity index (χ1) is 7.14. The number of rotatable bonds is 2. The fraction of sp³-hybridized carbons (Fsp3) is 0.500. The van der Waals surface area contributed by atoms with Gasteiger partial charge in [-0.3, -0.25) is 9.78 Å². The lowest BCUT2D eigenvalue weighted by molar-refractivity contribution is -0.122. The van der Waals surface area contributed by atoms with Gasteiger partial charge in [0.05, 0.1) is 6.20 Å². The van der Waals surface area contributed by atoms with Gasteiger partial charge in [-0.25, -0.2) is 4.98 Å². The van der Waals surface area contributed by atoms with Crippen LogP contribution in [0.25, 0.3) is 0 Å². The molecular formula is C10H14N4O. The predicted molar refractivity (Wildman–Crippen MR) is 56.2 cm³/mol. The zero-order valence-electron chi connectivity index (χ0n) is 8.68. The number of nitrogens with two attached hydrogens (primary N) is 1. The van der Waals surface area contributed by atoms with Crippen LogP contribution >= 0.6 is 0 Å². The second kappa shape index (κ2) is 3.49. The van der Waals surface area contributed by atoms with E-state index < -0.39 is 5.54 Å². The minimum atomic E-state index is -0.615. The third-order valence-corrected chi connectivity index (χ3v) is 3.00. The monoisotopic (exact) mass is 206 g/mol. The minimum Gasteiger partial charge on any atom is -0.368 e. The van der Waals surface area contributed by atoms with Crippen molar-refractivity contribution in [1.82, 2.24) is 9.97 Å². The standard InChI is InChI=1S/C10H14N4O/c1-10(9(11)15)3-2-6-14(10)8-7-12-4-5-13-8/h4-5,7H,2-3,6H2,1H3,(H2,11,15)/t10-/m0/s1. The first-order valence-electron chi connectivity index (χ1n) is 4.98. The van der Waals surface area contributed by atoms with Crippen LogP contribution < -0.4 is 10.6 Å². The van der Waals surface area contributed by atoms with Crippen LogP contribution in [0.3, 0.4) is 0 Å². The van der Waals surface area contributed by atoms with Gasteiger partial charge in [0.2, 0.25) is 5.91 Å². The molecule has 2 heterocycles. The van der Waals surface area contributed by atoms with Crippen molar-refractivity contribution >= 4 is 11.7 Å². The summed E-state index contributed by atoms with van der Waals surface area (Å²) >= 11 is 0. The second-order valence-electron chi connectivity index (χ2n) is 3.96. The van der Waals surface area contributed by atoms with E-state index in [1.54, 1.807) is 18.6 Å². The largest absolute Gasteiger partial charge is 0.368 e. The molecule has 0 radical (unpaired) electrons. The Morgan fingerprint density at radius 3 is 3.00 bits per heavy atom. The number of nitrogens with zero attached hydrogens (tertiary/aromatic N) is 3. The van der Waals surface area contributed by atoms with Gasteiger partial charge >= 0.3 is 0 Å². The van der Waals surface area contributed by atoms with Crippen LogP contribution in [-0.4, -0.2) is 28.0 Å². The van der Waals surface area contributed by atoms with Gasteiger partial charge in [0.25, 0.3) is 0 Å². The Hall–Kier alpha value is -1.65. The van der Waals surface area contributed by atoms with E-state index in [4.69, 9.17) is 5.73 Å². The molecule has 5 nitrogen and oxygen atoms in total. The Morgan fingerprint density at radius 2 is 2.40 bits per heavy atom. The van der Waals surface area contributed by atoms with E-state index in [1.807, 2.05) is 11.8 Å². The number of hydrogen-bond donors (Lipinski definition) is 1. The zero-order chi connectivity index (χ0) is 10.9. The summed E-state index contributed by atoms with van der Waals surface area (Å²) in [5.41, 5.74) is 4.82. The van der Waals surface area contributed by atoms with Crippen LogP contribution in [0.1, 0.15) is 19.8 Å². The molecule has 2 rings (SSSR count). The molecule has 0 unspecified atom stereocenters. The number of hydrogen-bond acceptors (Lipinski definition) is 4. The predicted octanol–water partition coefficient (Wildman–Crippen LogP) is 0.321. The molecule has 15 heavy (non-hydrogen) atoms. The van der Waals surface area contributed by atoms with Gasteiger partial charge in [-0.1, -0.05) is 0 Å². The van der Waals surface area contributed by atoms with Crippen molar-refractivity contribution in [3.05, 3.63) is 18.6 Å². The molecule has 1 aliphatic heterocycles. The van der Waals surface area contributed by atoms with E-state index >= 15 is 0 Å². The number of aromatic nitrogens is 2. The number of anilines is 1. The highest BCUT2D eigenvalue weighted by Crippen LogP contribution is 2.31. The maximum Gasteiger partial charge on any atom is 0.243 e. The third-order valence-electron chi connectivity index (χ3n) is 3.00. The Labute approximate surface area is 88.3 Å². The van der Waals surface area contributed by atoms with E-state index in [0.717, 1.165) is 25.2 Å². The molecule has 0 saturated carbocycles. The molecule has 1 aromatic rings. The molecular weight excluding hydrogens is 192 g/mol. The van der Waals surface area contributed by atoms with Crippen molar-refractivity contribution in [2.24, 2.45) is 5.73 Å². The van der Waals surface area contributed by atoms with Crippen molar-refractivity contribution in [1.29, 1.82) is 0 Å². The van der Waals surface area contributed by atoms with Gasteiger partial charge in [-0.05, 0) is 19.8 Å². The number of carbonyl (C=O) groups is 1. The molecule has 0 bridgehead atoms. The van der Waals surface area contributed by atoms with Crippen LogP contribution in [-0.2, 0) is 4.79 Å². The highest BCUT2D eigenvalue weighted by molar-refractivity contribution is 5.88. The summed E-state index contributed by atoms with van der Waals surface area (Å²) < 4.78 is 0. The van der Waals surface area contributed by atoms with Crippen LogP contribution in [0, 0.1) is 0 Å². The van der Waals surface area contributed by atoms with Crippen molar-refractivity contribution in [3.63, 3.8) is 0 Å². The van der Waals surface area contributed by atoms with E-state index in [-0.39, 0.29) is 5.91 Å². The molecule has 0 aromatic carbocycles. The van der Waals surface area contributed by atoms with Gasteiger partial charge in [0.15, 0.2) is 0 Å². The fourth-order valence-electron chi connectivity index (χ4n) is 2.02. The molecule has 1 saturated heterocycles. The van der Waals surface area contributed by atoms with E-state index in [2.05, 4.69) is 9.97 Å². The van der Waals surface area contributed by atoms with Gasteiger partial charge in [0, 0.05) is 18.9 Å². The summed E-state index contributed by atoms with van der Waals surface area (Å²) in [6.45, 7) is 2.66. The first-order valence-corrected chi connectivity index (χ1v) is 4.98. The lowest BCUT2D eigenvalue weighted by atomic mass is 9.98. The first kappa shape index (κ1) is 9.89. The van der Waals surface area contributed by atoms with Gasteiger partial charge in [0.1, 0.15) is 11.4 Å². The summed E-state index contributed by atoms with van der Waals surface area (Å²) in [7, 11) is 0. The Bertz CT molecular complexity index is 367. The van der Waals surface area contributed by atoms with Gasteiger partial charge in [-0.15, -0.1) is 0 Å². The topological polar surface area (TPSA) is 72.1 Å². The van der Waals surface area contributed by atoms with E-state index in [9.17, 15) is 4.79 Å². The molecule has 1 atom stereocenters. The van der Waals surface area contributed by atoms with Gasteiger partial charge < -0.3 is 10.6 Å². The van der Waals surface area contributed by atoms with Crippen LogP contribution in [0.15, 0.2) is 18.6 Å². The smallest absolute Gasteiger partial charge is 0.243 e. The highest BCUT2D eigenvalue weighted by atomic mass is 16.1. The normalized spacial score (nSPS) is 25.5. The van der Waals surface area contributed by atoms with Crippen LogP contribution in [0.4, 0.5) is 5.82 Å². The van der Waals surface area contributed by atoms with E-state index in [1.165, 1.54) is 0 Å².